The molecule has 4 nitrogen and oxygen atoms in total. The second-order valence-electron chi connectivity index (χ2n) is 5.31. The molecule has 23 heavy (non-hydrogen) atoms. The molecule has 0 unspecified atom stereocenters. The van der Waals surface area contributed by atoms with Gasteiger partial charge in [0, 0.05) is 18.1 Å². The van der Waals surface area contributed by atoms with E-state index in [2.05, 4.69) is 17.2 Å². The third kappa shape index (κ3) is 3.24. The average molecular weight is 304 g/mol. The lowest BCUT2D eigenvalue weighted by Gasteiger charge is -2.26. The van der Waals surface area contributed by atoms with Gasteiger partial charge in [-0.3, -0.25) is 9.59 Å². The Morgan fingerprint density at radius 2 is 1.70 bits per heavy atom. The summed E-state index contributed by atoms with van der Waals surface area (Å²) < 4.78 is 0. The molecule has 4 heteroatoms. The zero-order valence-corrected chi connectivity index (χ0v) is 12.8. The number of hydrogen-bond acceptors (Lipinski definition) is 2. The molecule has 0 fully saturated rings. The molecule has 0 saturated heterocycles. The van der Waals surface area contributed by atoms with Crippen molar-refractivity contribution in [3.63, 3.8) is 0 Å². The summed E-state index contributed by atoms with van der Waals surface area (Å²) in [5.74, 6) is 5.93. The third-order valence-corrected chi connectivity index (χ3v) is 3.66. The molecule has 0 aliphatic carbocycles. The van der Waals surface area contributed by atoms with Crippen molar-refractivity contribution in [2.75, 3.05) is 11.4 Å². The molecule has 1 aliphatic heterocycles. The van der Waals surface area contributed by atoms with Gasteiger partial charge in [-0.15, -0.1) is 0 Å². The van der Waals surface area contributed by atoms with Crippen LogP contribution in [-0.4, -0.2) is 18.4 Å². The highest BCUT2D eigenvalue weighted by Gasteiger charge is 2.20. The fourth-order valence-electron chi connectivity index (χ4n) is 2.50. The molecule has 114 valence electrons. The zero-order chi connectivity index (χ0) is 16.2. The molecular formula is C19H16N2O2. The monoisotopic (exact) mass is 304 g/mol. The lowest BCUT2D eigenvalue weighted by atomic mass is 10.0. The van der Waals surface area contributed by atoms with Gasteiger partial charge in [-0.25, -0.2) is 0 Å². The fourth-order valence-corrected chi connectivity index (χ4v) is 2.50. The van der Waals surface area contributed by atoms with E-state index in [1.807, 2.05) is 48.5 Å². The van der Waals surface area contributed by atoms with Crippen LogP contribution < -0.4 is 10.2 Å². The molecule has 0 saturated carbocycles. The molecule has 3 rings (SSSR count). The van der Waals surface area contributed by atoms with Gasteiger partial charge in [-0.1, -0.05) is 42.2 Å². The van der Waals surface area contributed by atoms with Gasteiger partial charge in [0.05, 0.1) is 18.8 Å². The first kappa shape index (κ1) is 14.9. The topological polar surface area (TPSA) is 49.4 Å². The first-order valence-corrected chi connectivity index (χ1v) is 7.39. The van der Waals surface area contributed by atoms with Crippen molar-refractivity contribution < 1.29 is 9.59 Å². The molecule has 1 aliphatic rings. The van der Waals surface area contributed by atoms with Crippen LogP contribution in [0.3, 0.4) is 0 Å². The van der Waals surface area contributed by atoms with Crippen molar-refractivity contribution >= 4 is 17.5 Å². The Morgan fingerprint density at radius 1 is 1.04 bits per heavy atom. The molecule has 0 radical (unpaired) electrons. The summed E-state index contributed by atoms with van der Waals surface area (Å²) in [6, 6.07) is 15.3. The zero-order valence-electron chi connectivity index (χ0n) is 12.8. The molecule has 0 bridgehead atoms. The molecule has 2 aromatic carbocycles. The molecule has 1 N–H and O–H groups in total. The van der Waals surface area contributed by atoms with Gasteiger partial charge in [-0.05, 0) is 23.8 Å². The van der Waals surface area contributed by atoms with Crippen molar-refractivity contribution in [3.8, 4) is 11.8 Å². The first-order valence-electron chi connectivity index (χ1n) is 7.39. The minimum atomic E-state index is -0.223. The predicted molar refractivity (Wildman–Crippen MR) is 88.7 cm³/mol. The quantitative estimate of drug-likeness (QED) is 0.864. The number of para-hydroxylation sites is 1. The lowest BCUT2D eigenvalue weighted by molar-refractivity contribution is -0.123. The Kier molecular flexibility index (Phi) is 4.11. The second-order valence-corrected chi connectivity index (χ2v) is 5.31. The highest BCUT2D eigenvalue weighted by Crippen LogP contribution is 2.25. The highest BCUT2D eigenvalue weighted by atomic mass is 16.2. The predicted octanol–water partition coefficient (Wildman–Crippen LogP) is 2.07. The number of benzene rings is 2. The van der Waals surface area contributed by atoms with Crippen LogP contribution >= 0.6 is 0 Å². The summed E-state index contributed by atoms with van der Waals surface area (Å²) in [6.45, 7) is 1.80. The number of anilines is 1. The second kappa shape index (κ2) is 6.37. The van der Waals surface area contributed by atoms with E-state index in [0.29, 0.717) is 6.54 Å². The number of fused-ring (bicyclic) bond motifs is 2. The Balaban J connectivity index is 2.04. The summed E-state index contributed by atoms with van der Waals surface area (Å²) in [5.41, 5.74) is 3.48. The van der Waals surface area contributed by atoms with Gasteiger partial charge in [-0.2, -0.15) is 0 Å². The average Bonchev–Trinajstić information content (AvgIpc) is 2.55. The van der Waals surface area contributed by atoms with Crippen LogP contribution in [0.4, 0.5) is 5.69 Å². The first-order chi connectivity index (χ1) is 11.1. The summed E-state index contributed by atoms with van der Waals surface area (Å²) in [5, 5.41) is 2.57. The number of carbonyl (C=O) groups excluding carboxylic acids is 2. The summed E-state index contributed by atoms with van der Waals surface area (Å²) in [6.07, 6.45) is 0. The number of carbonyl (C=O) groups is 2. The highest BCUT2D eigenvalue weighted by molar-refractivity contribution is 5.97. The summed E-state index contributed by atoms with van der Waals surface area (Å²) in [7, 11) is 0. The van der Waals surface area contributed by atoms with E-state index in [1.54, 1.807) is 4.90 Å². The van der Waals surface area contributed by atoms with Gasteiger partial charge < -0.3 is 10.2 Å². The minimum absolute atomic E-state index is 0.0285. The molecule has 2 amide bonds. The van der Waals surface area contributed by atoms with Crippen molar-refractivity contribution in [1.82, 2.24) is 5.32 Å². The largest absolute Gasteiger partial charge is 0.347 e. The normalized spacial score (nSPS) is 12.0. The fraction of sp³-hybridized carbons (Fsp3) is 0.158. The lowest BCUT2D eigenvalue weighted by Crippen LogP contribution is -2.40. The van der Waals surface area contributed by atoms with Crippen LogP contribution in [0.1, 0.15) is 23.6 Å². The maximum absolute atomic E-state index is 12.6. The van der Waals surface area contributed by atoms with Gasteiger partial charge >= 0.3 is 0 Å². The van der Waals surface area contributed by atoms with Crippen LogP contribution in [0, 0.1) is 11.8 Å². The maximum atomic E-state index is 12.6. The number of nitrogens with one attached hydrogen (secondary N) is 1. The molecule has 0 aromatic heterocycles. The Hall–Kier alpha value is -3.06. The maximum Gasteiger partial charge on any atom is 0.246 e. The van der Waals surface area contributed by atoms with Crippen LogP contribution in [0.2, 0.25) is 0 Å². The van der Waals surface area contributed by atoms with Gasteiger partial charge in [0.15, 0.2) is 0 Å². The Labute approximate surface area is 135 Å². The standard InChI is InChI=1S/C19H16N2O2/c1-14(22)20-12-19(23)21-13-17-8-3-2-6-15(17)10-11-16-7-4-5-9-18(16)21/h2-9H,12-13H2,1H3,(H,20,22). The SMILES string of the molecule is CC(=O)NCC(=O)N1Cc2ccccc2C#Cc2ccccc21. The van der Waals surface area contributed by atoms with E-state index in [0.717, 1.165) is 22.4 Å². The Morgan fingerprint density at radius 3 is 2.48 bits per heavy atom. The molecular weight excluding hydrogens is 288 g/mol. The molecule has 0 spiro atoms. The Bertz CT molecular complexity index is 831. The van der Waals surface area contributed by atoms with E-state index in [1.165, 1.54) is 6.92 Å². The van der Waals surface area contributed by atoms with Crippen molar-refractivity contribution in [2.45, 2.75) is 13.5 Å². The summed E-state index contributed by atoms with van der Waals surface area (Å²) in [4.78, 5) is 25.4. The summed E-state index contributed by atoms with van der Waals surface area (Å²) >= 11 is 0. The number of nitrogens with zero attached hydrogens (tertiary/aromatic N) is 1. The van der Waals surface area contributed by atoms with Crippen molar-refractivity contribution in [2.24, 2.45) is 0 Å². The molecule has 0 atom stereocenters. The minimum Gasteiger partial charge on any atom is -0.347 e. The van der Waals surface area contributed by atoms with E-state index >= 15 is 0 Å². The van der Waals surface area contributed by atoms with E-state index in [9.17, 15) is 9.59 Å². The third-order valence-electron chi connectivity index (χ3n) is 3.66. The number of rotatable bonds is 2. The van der Waals surface area contributed by atoms with Gasteiger partial charge in [0.2, 0.25) is 11.8 Å². The van der Waals surface area contributed by atoms with Crippen LogP contribution in [0.25, 0.3) is 0 Å². The van der Waals surface area contributed by atoms with Crippen LogP contribution in [-0.2, 0) is 16.1 Å². The van der Waals surface area contributed by atoms with Crippen molar-refractivity contribution in [3.05, 3.63) is 65.2 Å². The van der Waals surface area contributed by atoms with Crippen molar-refractivity contribution in [1.29, 1.82) is 0 Å². The van der Waals surface area contributed by atoms with E-state index in [4.69, 9.17) is 0 Å². The van der Waals surface area contributed by atoms with Crippen LogP contribution in [0.15, 0.2) is 48.5 Å². The van der Waals surface area contributed by atoms with E-state index < -0.39 is 0 Å². The van der Waals surface area contributed by atoms with E-state index in [-0.39, 0.29) is 18.4 Å². The van der Waals surface area contributed by atoms with Gasteiger partial charge in [0.1, 0.15) is 0 Å². The smallest absolute Gasteiger partial charge is 0.246 e. The molecule has 2 aromatic rings. The van der Waals surface area contributed by atoms with Gasteiger partial charge in [0.25, 0.3) is 0 Å². The van der Waals surface area contributed by atoms with Crippen LogP contribution in [0.5, 0.6) is 0 Å². The number of hydrogen-bond donors (Lipinski definition) is 1. The number of amides is 2. The molecule has 1 heterocycles.